The van der Waals surface area contributed by atoms with Gasteiger partial charge in [0, 0.05) is 9.75 Å². The summed E-state index contributed by atoms with van der Waals surface area (Å²) >= 11 is 1.79. The highest BCUT2D eigenvalue weighted by Gasteiger charge is 2.18. The third kappa shape index (κ3) is 2.23. The van der Waals surface area contributed by atoms with Gasteiger partial charge in [0.05, 0.1) is 6.04 Å². The molecule has 2 N–H and O–H groups in total. The molecule has 0 fully saturated rings. The van der Waals surface area contributed by atoms with Gasteiger partial charge in [-0.25, -0.2) is 0 Å². The van der Waals surface area contributed by atoms with Crippen molar-refractivity contribution in [1.29, 1.82) is 0 Å². The van der Waals surface area contributed by atoms with Crippen molar-refractivity contribution in [2.45, 2.75) is 40.7 Å². The summed E-state index contributed by atoms with van der Waals surface area (Å²) in [5, 5.41) is 0. The van der Waals surface area contributed by atoms with Crippen LogP contribution in [0.3, 0.4) is 0 Å². The quantitative estimate of drug-likeness (QED) is 0.853. The second kappa shape index (κ2) is 4.87. The van der Waals surface area contributed by atoms with Crippen LogP contribution in [0.1, 0.15) is 43.6 Å². The molecule has 0 aliphatic rings. The van der Waals surface area contributed by atoms with Gasteiger partial charge in [-0.2, -0.15) is 0 Å². The molecule has 0 aliphatic carbocycles. The zero-order chi connectivity index (χ0) is 13.4. The van der Waals surface area contributed by atoms with Crippen molar-refractivity contribution >= 4 is 11.3 Å². The van der Waals surface area contributed by atoms with Crippen LogP contribution in [0.5, 0.6) is 0 Å². The Morgan fingerprint density at radius 3 is 1.94 bits per heavy atom. The van der Waals surface area contributed by atoms with E-state index in [0.29, 0.717) is 0 Å². The molecule has 96 valence electrons. The van der Waals surface area contributed by atoms with E-state index in [9.17, 15) is 0 Å². The predicted octanol–water partition coefficient (Wildman–Crippen LogP) is 4.34. The summed E-state index contributed by atoms with van der Waals surface area (Å²) in [4.78, 5) is 2.57. The molecule has 1 nitrogen and oxygen atoms in total. The number of hydrogen-bond donors (Lipinski definition) is 1. The molecule has 0 amide bonds. The van der Waals surface area contributed by atoms with E-state index in [1.54, 1.807) is 11.3 Å². The molecular weight excluding hydrogens is 238 g/mol. The van der Waals surface area contributed by atoms with Gasteiger partial charge in [-0.3, -0.25) is 0 Å². The molecule has 1 aromatic carbocycles. The fourth-order valence-corrected chi connectivity index (χ4v) is 3.37. The molecule has 0 bridgehead atoms. The summed E-state index contributed by atoms with van der Waals surface area (Å²) in [6.45, 7) is 10.8. The first-order chi connectivity index (χ1) is 8.41. The van der Waals surface area contributed by atoms with E-state index >= 15 is 0 Å². The second-order valence-corrected chi connectivity index (χ2v) is 6.42. The molecule has 2 heteroatoms. The zero-order valence-corrected chi connectivity index (χ0v) is 12.6. The Bertz CT molecular complexity index is 555. The molecule has 1 heterocycles. The first-order valence-electron chi connectivity index (χ1n) is 6.31. The minimum absolute atomic E-state index is 0.00213. The van der Waals surface area contributed by atoms with E-state index in [1.807, 2.05) is 0 Å². The smallest absolute Gasteiger partial charge is 0.0651 e. The number of thiophene rings is 1. The standard InChI is InChI=1S/C16H21NS/c1-9-8-10(2)13(5)15(12(9)4)16(17)14-7-6-11(3)18-14/h6-8,16H,17H2,1-5H3. The fourth-order valence-electron chi connectivity index (χ4n) is 2.48. The van der Waals surface area contributed by atoms with Gasteiger partial charge >= 0.3 is 0 Å². The monoisotopic (exact) mass is 259 g/mol. The Hall–Kier alpha value is -1.12. The molecular formula is C16H21NS. The minimum atomic E-state index is 0.00213. The lowest BCUT2D eigenvalue weighted by Crippen LogP contribution is -2.15. The van der Waals surface area contributed by atoms with E-state index in [-0.39, 0.29) is 6.04 Å². The summed E-state index contributed by atoms with van der Waals surface area (Å²) < 4.78 is 0. The summed E-state index contributed by atoms with van der Waals surface area (Å²) in [5.74, 6) is 0. The van der Waals surface area contributed by atoms with Crippen LogP contribution in [0.4, 0.5) is 0 Å². The number of rotatable bonds is 2. The van der Waals surface area contributed by atoms with Crippen molar-refractivity contribution in [2.24, 2.45) is 5.73 Å². The highest BCUT2D eigenvalue weighted by molar-refractivity contribution is 7.12. The Morgan fingerprint density at radius 2 is 1.50 bits per heavy atom. The average Bonchev–Trinajstić information content (AvgIpc) is 2.73. The van der Waals surface area contributed by atoms with Crippen LogP contribution in [-0.2, 0) is 0 Å². The van der Waals surface area contributed by atoms with Gasteiger partial charge in [0.15, 0.2) is 0 Å². The van der Waals surface area contributed by atoms with Gasteiger partial charge in [-0.15, -0.1) is 11.3 Å². The Kier molecular flexibility index (Phi) is 3.60. The highest BCUT2D eigenvalue weighted by atomic mass is 32.1. The number of nitrogens with two attached hydrogens (primary N) is 1. The molecule has 1 atom stereocenters. The summed E-state index contributed by atoms with van der Waals surface area (Å²) in [7, 11) is 0. The predicted molar refractivity (Wildman–Crippen MR) is 80.5 cm³/mol. The van der Waals surface area contributed by atoms with Gasteiger partial charge in [0.1, 0.15) is 0 Å². The molecule has 2 aromatic rings. The molecule has 18 heavy (non-hydrogen) atoms. The van der Waals surface area contributed by atoms with E-state index in [1.165, 1.54) is 37.6 Å². The van der Waals surface area contributed by atoms with Crippen LogP contribution >= 0.6 is 11.3 Å². The average molecular weight is 259 g/mol. The number of hydrogen-bond acceptors (Lipinski definition) is 2. The molecule has 0 saturated heterocycles. The van der Waals surface area contributed by atoms with E-state index < -0.39 is 0 Å². The van der Waals surface area contributed by atoms with Gasteiger partial charge < -0.3 is 5.73 Å². The van der Waals surface area contributed by atoms with Crippen LogP contribution in [-0.4, -0.2) is 0 Å². The maximum atomic E-state index is 6.48. The Balaban J connectivity index is 2.57. The largest absolute Gasteiger partial charge is 0.320 e. The van der Waals surface area contributed by atoms with Crippen molar-refractivity contribution in [3.05, 3.63) is 55.8 Å². The molecule has 1 aromatic heterocycles. The van der Waals surface area contributed by atoms with Crippen LogP contribution in [0.2, 0.25) is 0 Å². The zero-order valence-electron chi connectivity index (χ0n) is 11.8. The lowest BCUT2D eigenvalue weighted by molar-refractivity contribution is 0.864. The minimum Gasteiger partial charge on any atom is -0.320 e. The third-order valence-electron chi connectivity index (χ3n) is 3.80. The normalized spacial score (nSPS) is 12.8. The molecule has 0 spiro atoms. The summed E-state index contributed by atoms with van der Waals surface area (Å²) in [6.07, 6.45) is 0. The van der Waals surface area contributed by atoms with Crippen molar-refractivity contribution in [1.82, 2.24) is 0 Å². The van der Waals surface area contributed by atoms with Crippen molar-refractivity contribution < 1.29 is 0 Å². The molecule has 0 aliphatic heterocycles. The Labute approximate surface area is 114 Å². The molecule has 1 unspecified atom stereocenters. The fraction of sp³-hybridized carbons (Fsp3) is 0.375. The molecule has 2 rings (SSSR count). The molecule has 0 saturated carbocycles. The maximum Gasteiger partial charge on any atom is 0.0651 e. The van der Waals surface area contributed by atoms with E-state index in [4.69, 9.17) is 5.73 Å². The SMILES string of the molecule is Cc1ccc(C(N)c2c(C)c(C)cc(C)c2C)s1. The number of benzene rings is 1. The molecule has 0 radical (unpaired) electrons. The maximum absolute atomic E-state index is 6.48. The van der Waals surface area contributed by atoms with Gasteiger partial charge in [0.2, 0.25) is 0 Å². The first kappa shape index (κ1) is 13.3. The highest BCUT2D eigenvalue weighted by Crippen LogP contribution is 2.32. The van der Waals surface area contributed by atoms with Crippen molar-refractivity contribution in [3.8, 4) is 0 Å². The van der Waals surface area contributed by atoms with E-state index in [2.05, 4.69) is 52.8 Å². The lowest BCUT2D eigenvalue weighted by atomic mass is 9.89. The van der Waals surface area contributed by atoms with Crippen molar-refractivity contribution in [2.75, 3.05) is 0 Å². The van der Waals surface area contributed by atoms with Crippen LogP contribution in [0.15, 0.2) is 18.2 Å². The van der Waals surface area contributed by atoms with Gasteiger partial charge in [0.25, 0.3) is 0 Å². The summed E-state index contributed by atoms with van der Waals surface area (Å²) in [5.41, 5.74) is 13.1. The second-order valence-electron chi connectivity index (χ2n) is 5.10. The summed E-state index contributed by atoms with van der Waals surface area (Å²) in [6, 6.07) is 6.55. The van der Waals surface area contributed by atoms with Crippen LogP contribution < -0.4 is 5.73 Å². The van der Waals surface area contributed by atoms with Gasteiger partial charge in [-0.05, 0) is 74.6 Å². The topological polar surface area (TPSA) is 26.0 Å². The van der Waals surface area contributed by atoms with Crippen LogP contribution in [0.25, 0.3) is 0 Å². The van der Waals surface area contributed by atoms with Crippen LogP contribution in [0, 0.1) is 34.6 Å². The number of aryl methyl sites for hydroxylation is 3. The Morgan fingerprint density at radius 1 is 0.944 bits per heavy atom. The van der Waals surface area contributed by atoms with Gasteiger partial charge in [-0.1, -0.05) is 6.07 Å². The third-order valence-corrected chi connectivity index (χ3v) is 4.89. The lowest BCUT2D eigenvalue weighted by Gasteiger charge is -2.20. The first-order valence-corrected chi connectivity index (χ1v) is 7.12. The van der Waals surface area contributed by atoms with Crippen molar-refractivity contribution in [3.63, 3.8) is 0 Å². The van der Waals surface area contributed by atoms with E-state index in [0.717, 1.165) is 0 Å².